The molecule has 0 aliphatic heterocycles. The van der Waals surface area contributed by atoms with Gasteiger partial charge in [0.25, 0.3) is 5.91 Å². The smallest absolute Gasteiger partial charge is 0.341 e. The predicted octanol–water partition coefficient (Wildman–Crippen LogP) is 2.70. The number of hydrogen-bond acceptors (Lipinski definition) is 6. The van der Waals surface area contributed by atoms with Gasteiger partial charge in [-0.1, -0.05) is 0 Å². The minimum atomic E-state index is -0.527. The third-order valence-electron chi connectivity index (χ3n) is 4.11. The summed E-state index contributed by atoms with van der Waals surface area (Å²) in [5, 5.41) is 11.2. The fourth-order valence-electron chi connectivity index (χ4n) is 2.56. The van der Waals surface area contributed by atoms with Gasteiger partial charge in [0.1, 0.15) is 5.00 Å². The molecule has 146 valence electrons. The Morgan fingerprint density at radius 3 is 2.33 bits per heavy atom. The number of thiophene rings is 1. The SMILES string of the molecule is COC(=O)c1c(NC(=S)Nc2c(C)nn(C)c2C)sc(C(=O)N(C)C)c1C. The van der Waals surface area contributed by atoms with Crippen LogP contribution in [0.5, 0.6) is 0 Å². The lowest BCUT2D eigenvalue weighted by Crippen LogP contribution is -2.21. The fraction of sp³-hybridized carbons (Fsp3) is 0.412. The molecule has 0 spiro atoms. The van der Waals surface area contributed by atoms with Crippen molar-refractivity contribution in [3.05, 3.63) is 27.4 Å². The zero-order valence-corrected chi connectivity index (χ0v) is 18.0. The number of aryl methyl sites for hydroxylation is 2. The molecule has 8 nitrogen and oxygen atoms in total. The van der Waals surface area contributed by atoms with E-state index in [9.17, 15) is 9.59 Å². The van der Waals surface area contributed by atoms with E-state index in [4.69, 9.17) is 17.0 Å². The van der Waals surface area contributed by atoms with Crippen LogP contribution < -0.4 is 10.6 Å². The van der Waals surface area contributed by atoms with Gasteiger partial charge in [-0.3, -0.25) is 9.48 Å². The average molecular weight is 410 g/mol. The van der Waals surface area contributed by atoms with E-state index in [-0.39, 0.29) is 5.91 Å². The second-order valence-electron chi connectivity index (χ2n) is 6.20. The number of anilines is 2. The molecule has 2 N–H and O–H groups in total. The van der Waals surface area contributed by atoms with Crippen LogP contribution in [0.4, 0.5) is 10.7 Å². The number of amides is 1. The first kappa shape index (κ1) is 20.8. The molecule has 27 heavy (non-hydrogen) atoms. The molecule has 0 aromatic carbocycles. The summed E-state index contributed by atoms with van der Waals surface area (Å²) >= 11 is 6.57. The second-order valence-corrected chi connectivity index (χ2v) is 7.63. The third kappa shape index (κ3) is 4.11. The molecule has 0 aliphatic rings. The van der Waals surface area contributed by atoms with Crippen molar-refractivity contribution < 1.29 is 14.3 Å². The molecule has 0 unspecified atom stereocenters. The Labute approximate surface area is 167 Å². The first-order valence-electron chi connectivity index (χ1n) is 8.10. The maximum atomic E-state index is 12.4. The van der Waals surface area contributed by atoms with Crippen LogP contribution in [-0.4, -0.2) is 52.9 Å². The van der Waals surface area contributed by atoms with Crippen molar-refractivity contribution in [3.63, 3.8) is 0 Å². The number of carbonyl (C=O) groups is 2. The van der Waals surface area contributed by atoms with Crippen LogP contribution in [0.2, 0.25) is 0 Å². The van der Waals surface area contributed by atoms with E-state index in [2.05, 4.69) is 15.7 Å². The molecular weight excluding hydrogens is 386 g/mol. The highest BCUT2D eigenvalue weighted by Gasteiger charge is 2.26. The number of ether oxygens (including phenoxy) is 1. The molecule has 0 bridgehead atoms. The molecule has 2 heterocycles. The average Bonchev–Trinajstić information content (AvgIpc) is 3.04. The lowest BCUT2D eigenvalue weighted by Gasteiger charge is -2.11. The van der Waals surface area contributed by atoms with Gasteiger partial charge in [-0.2, -0.15) is 5.10 Å². The van der Waals surface area contributed by atoms with Gasteiger partial charge in [0.15, 0.2) is 5.11 Å². The molecule has 10 heteroatoms. The van der Waals surface area contributed by atoms with Gasteiger partial charge in [-0.05, 0) is 38.6 Å². The molecule has 2 aromatic heterocycles. The topological polar surface area (TPSA) is 88.5 Å². The standard InChI is InChI=1S/C17H23N5O3S2/c1-8-11(16(24)25-7)14(27-13(8)15(23)21(4)5)19-17(26)18-12-9(2)20-22(6)10(12)3/h1-7H3,(H2,18,19,26). The largest absolute Gasteiger partial charge is 0.465 e. The van der Waals surface area contributed by atoms with E-state index in [0.717, 1.165) is 17.1 Å². The van der Waals surface area contributed by atoms with Crippen LogP contribution in [0.15, 0.2) is 0 Å². The van der Waals surface area contributed by atoms with Crippen molar-refractivity contribution in [1.82, 2.24) is 14.7 Å². The highest BCUT2D eigenvalue weighted by molar-refractivity contribution is 7.80. The van der Waals surface area contributed by atoms with Crippen LogP contribution in [-0.2, 0) is 11.8 Å². The molecule has 0 atom stereocenters. The molecule has 0 saturated carbocycles. The van der Waals surface area contributed by atoms with Crippen molar-refractivity contribution in [2.75, 3.05) is 31.8 Å². The summed E-state index contributed by atoms with van der Waals surface area (Å²) in [6.45, 7) is 5.52. The number of carbonyl (C=O) groups excluding carboxylic acids is 2. The summed E-state index contributed by atoms with van der Waals surface area (Å²) in [7, 11) is 6.47. The summed E-state index contributed by atoms with van der Waals surface area (Å²) in [6, 6.07) is 0. The van der Waals surface area contributed by atoms with E-state index in [1.54, 1.807) is 25.7 Å². The lowest BCUT2D eigenvalue weighted by molar-refractivity contribution is 0.0601. The second kappa shape index (κ2) is 8.05. The Bertz CT molecular complexity index is 914. The summed E-state index contributed by atoms with van der Waals surface area (Å²) in [6.07, 6.45) is 0. The summed E-state index contributed by atoms with van der Waals surface area (Å²) in [5.41, 5.74) is 3.39. The quantitative estimate of drug-likeness (QED) is 0.593. The van der Waals surface area contributed by atoms with Crippen LogP contribution in [0.1, 0.15) is 37.0 Å². The minimum absolute atomic E-state index is 0.187. The van der Waals surface area contributed by atoms with Crippen molar-refractivity contribution in [3.8, 4) is 0 Å². The molecule has 2 aromatic rings. The maximum absolute atomic E-state index is 12.4. The molecular formula is C17H23N5O3S2. The summed E-state index contributed by atoms with van der Waals surface area (Å²) in [4.78, 5) is 26.6. The number of rotatable bonds is 4. The minimum Gasteiger partial charge on any atom is -0.465 e. The van der Waals surface area contributed by atoms with Crippen molar-refractivity contribution in [2.45, 2.75) is 20.8 Å². The highest BCUT2D eigenvalue weighted by Crippen LogP contribution is 2.34. The number of thiocarbonyl (C=S) groups is 1. The van der Waals surface area contributed by atoms with Crippen LogP contribution in [0.3, 0.4) is 0 Å². The normalized spacial score (nSPS) is 10.5. The Kier molecular flexibility index (Phi) is 6.22. The molecule has 1 amide bonds. The van der Waals surface area contributed by atoms with Crippen LogP contribution >= 0.6 is 23.6 Å². The van der Waals surface area contributed by atoms with E-state index >= 15 is 0 Å². The van der Waals surface area contributed by atoms with Gasteiger partial charge in [0, 0.05) is 21.1 Å². The van der Waals surface area contributed by atoms with E-state index in [1.165, 1.54) is 23.3 Å². The van der Waals surface area contributed by atoms with Gasteiger partial charge in [0.05, 0.1) is 34.6 Å². The Morgan fingerprint density at radius 1 is 1.22 bits per heavy atom. The maximum Gasteiger partial charge on any atom is 0.341 e. The number of nitrogens with zero attached hydrogens (tertiary/aromatic N) is 3. The van der Waals surface area contributed by atoms with Crippen molar-refractivity contribution in [2.24, 2.45) is 7.05 Å². The van der Waals surface area contributed by atoms with Crippen LogP contribution in [0.25, 0.3) is 0 Å². The van der Waals surface area contributed by atoms with Gasteiger partial charge in [-0.15, -0.1) is 11.3 Å². The molecule has 2 rings (SSSR count). The van der Waals surface area contributed by atoms with Gasteiger partial charge >= 0.3 is 5.97 Å². The zero-order chi connectivity index (χ0) is 20.5. The number of nitrogens with one attached hydrogen (secondary N) is 2. The molecule has 0 saturated heterocycles. The van der Waals surface area contributed by atoms with Crippen LogP contribution in [0, 0.1) is 20.8 Å². The van der Waals surface area contributed by atoms with Gasteiger partial charge in [0.2, 0.25) is 0 Å². The number of methoxy groups -OCH3 is 1. The summed E-state index contributed by atoms with van der Waals surface area (Å²) in [5.74, 6) is -0.714. The Morgan fingerprint density at radius 2 is 1.85 bits per heavy atom. The van der Waals surface area contributed by atoms with Crippen molar-refractivity contribution >= 4 is 51.2 Å². The predicted molar refractivity (Wildman–Crippen MR) is 111 cm³/mol. The van der Waals surface area contributed by atoms with E-state index in [0.29, 0.717) is 26.1 Å². The Balaban J connectivity index is 2.36. The molecule has 0 radical (unpaired) electrons. The monoisotopic (exact) mass is 409 g/mol. The first-order valence-corrected chi connectivity index (χ1v) is 9.32. The molecule has 0 fully saturated rings. The fourth-order valence-corrected chi connectivity index (χ4v) is 4.05. The first-order chi connectivity index (χ1) is 12.6. The number of esters is 1. The van der Waals surface area contributed by atoms with Gasteiger partial charge < -0.3 is 20.3 Å². The van der Waals surface area contributed by atoms with E-state index in [1.807, 2.05) is 20.9 Å². The number of aromatic nitrogens is 2. The van der Waals surface area contributed by atoms with Crippen molar-refractivity contribution in [1.29, 1.82) is 0 Å². The van der Waals surface area contributed by atoms with E-state index < -0.39 is 5.97 Å². The zero-order valence-electron chi connectivity index (χ0n) is 16.4. The van der Waals surface area contributed by atoms with Gasteiger partial charge in [-0.25, -0.2) is 4.79 Å². The lowest BCUT2D eigenvalue weighted by atomic mass is 10.1. The number of hydrogen-bond donors (Lipinski definition) is 2. The molecule has 0 aliphatic carbocycles. The third-order valence-corrected chi connectivity index (χ3v) is 5.51. The Hall–Kier alpha value is -2.46. The summed E-state index contributed by atoms with van der Waals surface area (Å²) < 4.78 is 6.63. The highest BCUT2D eigenvalue weighted by atomic mass is 32.1.